The van der Waals surface area contributed by atoms with Gasteiger partial charge in [-0.05, 0) is 41.1 Å². The molecule has 1 aromatic heterocycles. The van der Waals surface area contributed by atoms with Crippen molar-refractivity contribution in [2.75, 3.05) is 0 Å². The predicted molar refractivity (Wildman–Crippen MR) is 72.4 cm³/mol. The Balaban J connectivity index is 2.45. The molecule has 100 valence electrons. The third kappa shape index (κ3) is 3.13. The first-order chi connectivity index (χ1) is 8.99. The topological polar surface area (TPSA) is 51.8 Å². The first-order valence-electron chi connectivity index (χ1n) is 5.70. The number of nitrogens with two attached hydrogens (primary N) is 1. The average molecular weight is 328 g/mol. The number of rotatable bonds is 3. The van der Waals surface area contributed by atoms with E-state index in [0.717, 1.165) is 11.8 Å². The van der Waals surface area contributed by atoms with Crippen LogP contribution in [0.15, 0.2) is 28.9 Å². The van der Waals surface area contributed by atoms with Gasteiger partial charge in [-0.3, -0.25) is 0 Å². The first-order valence-corrected chi connectivity index (χ1v) is 6.49. The summed E-state index contributed by atoms with van der Waals surface area (Å²) in [5.74, 6) is -1.52. The fraction of sp³-hybridized carbons (Fsp3) is 0.231. The van der Waals surface area contributed by atoms with Crippen molar-refractivity contribution in [2.24, 2.45) is 5.73 Å². The summed E-state index contributed by atoms with van der Waals surface area (Å²) in [7, 11) is 0. The molecular formula is C13H12BrF2N3. The lowest BCUT2D eigenvalue weighted by molar-refractivity contribution is 0.504. The zero-order valence-corrected chi connectivity index (χ0v) is 11.8. The standard InChI is InChI=1S/C13H12BrF2N3/c1-7(17)6-8-4-5-18-13(19-8)9-2-3-10(15)12(16)11(9)14/h2-5,7H,6,17H2,1H3. The molecule has 6 heteroatoms. The first kappa shape index (κ1) is 14.0. The number of benzene rings is 1. The van der Waals surface area contributed by atoms with E-state index in [1.807, 2.05) is 6.92 Å². The second kappa shape index (κ2) is 5.71. The molecule has 0 saturated heterocycles. The number of halogens is 3. The van der Waals surface area contributed by atoms with Crippen LogP contribution in [0.5, 0.6) is 0 Å². The molecule has 0 fully saturated rings. The largest absolute Gasteiger partial charge is 0.328 e. The van der Waals surface area contributed by atoms with Crippen molar-refractivity contribution in [1.82, 2.24) is 9.97 Å². The quantitative estimate of drug-likeness (QED) is 0.881. The maximum Gasteiger partial charge on any atom is 0.173 e. The van der Waals surface area contributed by atoms with Gasteiger partial charge in [0.15, 0.2) is 17.5 Å². The highest BCUT2D eigenvalue weighted by Gasteiger charge is 2.14. The Kier molecular flexibility index (Phi) is 4.21. The SMILES string of the molecule is CC(N)Cc1ccnc(-c2ccc(F)c(F)c2Br)n1. The molecule has 2 aromatic rings. The second-order valence-electron chi connectivity index (χ2n) is 4.28. The summed E-state index contributed by atoms with van der Waals surface area (Å²) in [6.07, 6.45) is 2.17. The molecule has 2 N–H and O–H groups in total. The molecule has 19 heavy (non-hydrogen) atoms. The minimum absolute atomic E-state index is 0.0189. The van der Waals surface area contributed by atoms with Crippen LogP contribution in [0, 0.1) is 11.6 Å². The molecule has 1 unspecified atom stereocenters. The van der Waals surface area contributed by atoms with Gasteiger partial charge in [0.1, 0.15) is 0 Å². The molecule has 0 bridgehead atoms. The van der Waals surface area contributed by atoms with Crippen molar-refractivity contribution in [1.29, 1.82) is 0 Å². The third-order valence-electron chi connectivity index (χ3n) is 2.52. The monoisotopic (exact) mass is 327 g/mol. The Labute approximate surface area is 118 Å². The van der Waals surface area contributed by atoms with E-state index in [4.69, 9.17) is 5.73 Å². The minimum atomic E-state index is -0.946. The molecule has 0 aliphatic heterocycles. The van der Waals surface area contributed by atoms with E-state index in [-0.39, 0.29) is 10.5 Å². The average Bonchev–Trinajstić information content (AvgIpc) is 2.36. The molecule has 3 nitrogen and oxygen atoms in total. The van der Waals surface area contributed by atoms with Crippen LogP contribution in [0.2, 0.25) is 0 Å². The molecule has 1 aromatic carbocycles. The molecular weight excluding hydrogens is 316 g/mol. The van der Waals surface area contributed by atoms with E-state index in [2.05, 4.69) is 25.9 Å². The summed E-state index contributed by atoms with van der Waals surface area (Å²) in [5, 5.41) is 0. The van der Waals surface area contributed by atoms with Crippen LogP contribution in [0.4, 0.5) is 8.78 Å². The Morgan fingerprint density at radius 2 is 2.05 bits per heavy atom. The zero-order valence-electron chi connectivity index (χ0n) is 10.2. The van der Waals surface area contributed by atoms with Crippen LogP contribution in [0.25, 0.3) is 11.4 Å². The Morgan fingerprint density at radius 1 is 1.32 bits per heavy atom. The molecule has 0 spiro atoms. The van der Waals surface area contributed by atoms with E-state index in [0.29, 0.717) is 17.8 Å². The summed E-state index contributed by atoms with van der Waals surface area (Å²) >= 11 is 3.02. The lowest BCUT2D eigenvalue weighted by Crippen LogP contribution is -2.18. The minimum Gasteiger partial charge on any atom is -0.328 e. The van der Waals surface area contributed by atoms with Gasteiger partial charge in [-0.15, -0.1) is 0 Å². The number of nitrogens with zero attached hydrogens (tertiary/aromatic N) is 2. The van der Waals surface area contributed by atoms with Gasteiger partial charge in [0.05, 0.1) is 4.47 Å². The molecule has 2 rings (SSSR count). The van der Waals surface area contributed by atoms with Gasteiger partial charge in [0.2, 0.25) is 0 Å². The van der Waals surface area contributed by atoms with Crippen molar-refractivity contribution in [2.45, 2.75) is 19.4 Å². The summed E-state index contributed by atoms with van der Waals surface area (Å²) in [6, 6.07) is 4.21. The molecule has 0 aliphatic rings. The summed E-state index contributed by atoms with van der Waals surface area (Å²) in [4.78, 5) is 8.38. The maximum absolute atomic E-state index is 13.5. The second-order valence-corrected chi connectivity index (χ2v) is 5.07. The van der Waals surface area contributed by atoms with Gasteiger partial charge in [0.25, 0.3) is 0 Å². The summed E-state index contributed by atoms with van der Waals surface area (Å²) in [6.45, 7) is 1.87. The fourth-order valence-corrected chi connectivity index (χ4v) is 2.17. The van der Waals surface area contributed by atoms with Crippen molar-refractivity contribution in [3.8, 4) is 11.4 Å². The van der Waals surface area contributed by atoms with Crippen LogP contribution in [-0.2, 0) is 6.42 Å². The highest BCUT2D eigenvalue weighted by atomic mass is 79.9. The van der Waals surface area contributed by atoms with E-state index in [1.54, 1.807) is 12.3 Å². The maximum atomic E-state index is 13.5. The van der Waals surface area contributed by atoms with Crippen molar-refractivity contribution in [3.05, 3.63) is 46.2 Å². The highest BCUT2D eigenvalue weighted by Crippen LogP contribution is 2.29. The Hall–Kier alpha value is -1.40. The van der Waals surface area contributed by atoms with Crippen LogP contribution >= 0.6 is 15.9 Å². The normalized spacial score (nSPS) is 12.5. The molecule has 0 amide bonds. The number of hydrogen-bond donors (Lipinski definition) is 1. The lowest BCUT2D eigenvalue weighted by atomic mass is 10.1. The molecule has 1 heterocycles. The lowest BCUT2D eigenvalue weighted by Gasteiger charge is -2.08. The number of aromatic nitrogens is 2. The summed E-state index contributed by atoms with van der Waals surface area (Å²) < 4.78 is 26.6. The van der Waals surface area contributed by atoms with Crippen molar-refractivity contribution in [3.63, 3.8) is 0 Å². The van der Waals surface area contributed by atoms with E-state index in [9.17, 15) is 8.78 Å². The number of hydrogen-bond acceptors (Lipinski definition) is 3. The Morgan fingerprint density at radius 3 is 2.74 bits per heavy atom. The van der Waals surface area contributed by atoms with E-state index < -0.39 is 11.6 Å². The molecule has 0 saturated carbocycles. The van der Waals surface area contributed by atoms with E-state index >= 15 is 0 Å². The molecule has 0 radical (unpaired) electrons. The van der Waals surface area contributed by atoms with Gasteiger partial charge < -0.3 is 5.73 Å². The van der Waals surface area contributed by atoms with Crippen molar-refractivity contribution < 1.29 is 8.78 Å². The Bertz CT molecular complexity index is 602. The van der Waals surface area contributed by atoms with Gasteiger partial charge in [0, 0.05) is 29.9 Å². The van der Waals surface area contributed by atoms with Gasteiger partial charge in [-0.2, -0.15) is 0 Å². The highest BCUT2D eigenvalue weighted by molar-refractivity contribution is 9.10. The van der Waals surface area contributed by atoms with Crippen LogP contribution < -0.4 is 5.73 Å². The predicted octanol–water partition coefficient (Wildman–Crippen LogP) is 3.07. The van der Waals surface area contributed by atoms with Crippen LogP contribution in [0.3, 0.4) is 0 Å². The van der Waals surface area contributed by atoms with E-state index in [1.165, 1.54) is 6.07 Å². The summed E-state index contributed by atoms with van der Waals surface area (Å²) in [5.41, 5.74) is 6.88. The van der Waals surface area contributed by atoms with Crippen molar-refractivity contribution >= 4 is 15.9 Å². The van der Waals surface area contributed by atoms with Gasteiger partial charge in [-0.1, -0.05) is 0 Å². The smallest absolute Gasteiger partial charge is 0.173 e. The molecule has 1 atom stereocenters. The van der Waals surface area contributed by atoms with Crippen LogP contribution in [0.1, 0.15) is 12.6 Å². The third-order valence-corrected chi connectivity index (χ3v) is 3.30. The fourth-order valence-electron chi connectivity index (χ4n) is 1.67. The van der Waals surface area contributed by atoms with Crippen LogP contribution in [-0.4, -0.2) is 16.0 Å². The van der Waals surface area contributed by atoms with Gasteiger partial charge in [-0.25, -0.2) is 18.7 Å². The zero-order chi connectivity index (χ0) is 14.0. The molecule has 0 aliphatic carbocycles. The van der Waals surface area contributed by atoms with Gasteiger partial charge >= 0.3 is 0 Å².